The van der Waals surface area contributed by atoms with Gasteiger partial charge in [0.2, 0.25) is 0 Å². The van der Waals surface area contributed by atoms with Gasteiger partial charge in [-0.2, -0.15) is 0 Å². The van der Waals surface area contributed by atoms with Gasteiger partial charge >= 0.3 is 0 Å². The second-order valence-corrected chi connectivity index (χ2v) is 9.09. The zero-order chi connectivity index (χ0) is 22.1. The number of rotatable bonds is 9. The molecule has 0 aliphatic carbocycles. The first-order valence-corrected chi connectivity index (χ1v) is 11.4. The molecule has 0 aliphatic heterocycles. The highest BCUT2D eigenvalue weighted by molar-refractivity contribution is 7.90. The number of hydrogen-bond acceptors (Lipinski definition) is 6. The molecule has 0 aromatic heterocycles. The van der Waals surface area contributed by atoms with E-state index in [2.05, 4.69) is 10.9 Å². The number of hydrogen-bond donors (Lipinski definition) is 2. The van der Waals surface area contributed by atoms with Crippen LogP contribution in [-0.4, -0.2) is 58.1 Å². The van der Waals surface area contributed by atoms with Crippen LogP contribution >= 0.6 is 11.6 Å². The first kappa shape index (κ1) is 23.7. The molecule has 0 atom stereocenters. The van der Waals surface area contributed by atoms with Crippen molar-refractivity contribution in [2.24, 2.45) is 0 Å². The van der Waals surface area contributed by atoms with Crippen molar-refractivity contribution in [1.82, 2.24) is 15.8 Å². The third-order valence-corrected chi connectivity index (χ3v) is 5.47. The fraction of sp³-hybridized carbons (Fsp3) is 0.300. The molecule has 30 heavy (non-hydrogen) atoms. The van der Waals surface area contributed by atoms with Crippen LogP contribution in [0.5, 0.6) is 5.75 Å². The topological polar surface area (TPSA) is 105 Å². The largest absolute Gasteiger partial charge is 0.494 e. The molecule has 2 amide bonds. The molecule has 2 aromatic carbocycles. The van der Waals surface area contributed by atoms with E-state index in [1.54, 1.807) is 48.3 Å². The molecule has 0 aliphatic rings. The Balaban J connectivity index is 1.68. The smallest absolute Gasteiger partial charge is 0.271 e. The van der Waals surface area contributed by atoms with Crippen LogP contribution in [0.25, 0.3) is 0 Å². The van der Waals surface area contributed by atoms with Crippen LogP contribution in [0, 0.1) is 0 Å². The number of carbonyl (C=O) groups is 2. The van der Waals surface area contributed by atoms with E-state index in [0.717, 1.165) is 6.26 Å². The zero-order valence-electron chi connectivity index (χ0n) is 16.7. The summed E-state index contributed by atoms with van der Waals surface area (Å²) in [5.74, 6) is -0.401. The van der Waals surface area contributed by atoms with Gasteiger partial charge in [0.05, 0.1) is 28.6 Å². The van der Waals surface area contributed by atoms with Crippen molar-refractivity contribution < 1.29 is 22.7 Å². The fourth-order valence-corrected chi connectivity index (χ4v) is 3.40. The Morgan fingerprint density at radius 1 is 1.10 bits per heavy atom. The number of carbonyl (C=O) groups excluding carboxylic acids is 2. The summed E-state index contributed by atoms with van der Waals surface area (Å²) in [6, 6.07) is 12.8. The Labute approximate surface area is 181 Å². The lowest BCUT2D eigenvalue weighted by Gasteiger charge is -2.17. The van der Waals surface area contributed by atoms with Gasteiger partial charge in [0.25, 0.3) is 11.8 Å². The molecule has 0 heterocycles. The van der Waals surface area contributed by atoms with Gasteiger partial charge in [-0.25, -0.2) is 8.42 Å². The van der Waals surface area contributed by atoms with Gasteiger partial charge in [0.15, 0.2) is 9.84 Å². The standard InChI is InChI=1S/C20H24ClN3O5S/c1-24(11-6-12-29-15-7-5-8-16(13-15)30(2,27)28)14-19(25)22-23-20(26)17-9-3-4-10-18(17)21/h3-5,7-10,13H,6,11-12,14H2,1-2H3,(H,22,25)(H,23,26). The Kier molecular flexibility index (Phi) is 8.64. The maximum absolute atomic E-state index is 12.0. The summed E-state index contributed by atoms with van der Waals surface area (Å²) in [6.45, 7) is 1.01. The number of nitrogens with one attached hydrogen (secondary N) is 2. The fourth-order valence-electron chi connectivity index (χ4n) is 2.52. The zero-order valence-corrected chi connectivity index (χ0v) is 18.3. The second kappa shape index (κ2) is 11.0. The predicted molar refractivity (Wildman–Crippen MR) is 114 cm³/mol. The lowest BCUT2D eigenvalue weighted by atomic mass is 10.2. The quantitative estimate of drug-likeness (QED) is 0.444. The van der Waals surface area contributed by atoms with Gasteiger partial charge in [-0.3, -0.25) is 25.3 Å². The summed E-state index contributed by atoms with van der Waals surface area (Å²) in [5, 5.41) is 0.295. The number of halogens is 1. The number of likely N-dealkylation sites (N-methyl/N-ethyl adjacent to an activating group) is 1. The first-order valence-electron chi connectivity index (χ1n) is 9.12. The molecule has 0 saturated heterocycles. The van der Waals surface area contributed by atoms with E-state index in [0.29, 0.717) is 30.3 Å². The number of hydrazine groups is 1. The van der Waals surface area contributed by atoms with Crippen LogP contribution in [0.15, 0.2) is 53.4 Å². The van der Waals surface area contributed by atoms with Crippen molar-refractivity contribution >= 4 is 33.3 Å². The molecule has 0 unspecified atom stereocenters. The lowest BCUT2D eigenvalue weighted by molar-refractivity contribution is -0.122. The van der Waals surface area contributed by atoms with Gasteiger partial charge in [-0.15, -0.1) is 0 Å². The minimum atomic E-state index is -3.28. The maximum atomic E-state index is 12.0. The molecule has 162 valence electrons. The molecule has 8 nitrogen and oxygen atoms in total. The molecular weight excluding hydrogens is 430 g/mol. The normalized spacial score (nSPS) is 11.2. The average Bonchev–Trinajstić information content (AvgIpc) is 2.69. The van der Waals surface area contributed by atoms with E-state index >= 15 is 0 Å². The summed E-state index contributed by atoms with van der Waals surface area (Å²) in [6.07, 6.45) is 1.77. The molecule has 2 aromatic rings. The second-order valence-electron chi connectivity index (χ2n) is 6.67. The van der Waals surface area contributed by atoms with Gasteiger partial charge in [-0.05, 0) is 43.8 Å². The minimum absolute atomic E-state index is 0.0758. The highest BCUT2D eigenvalue weighted by Crippen LogP contribution is 2.17. The molecule has 0 bridgehead atoms. The summed E-state index contributed by atoms with van der Waals surface area (Å²) >= 11 is 5.94. The highest BCUT2D eigenvalue weighted by atomic mass is 35.5. The number of nitrogens with zero attached hydrogens (tertiary/aromatic N) is 1. The molecule has 0 fully saturated rings. The van der Waals surface area contributed by atoms with Crippen molar-refractivity contribution in [1.29, 1.82) is 0 Å². The SMILES string of the molecule is CN(CCCOc1cccc(S(C)(=O)=O)c1)CC(=O)NNC(=O)c1ccccc1Cl. The maximum Gasteiger partial charge on any atom is 0.271 e. The summed E-state index contributed by atoms with van der Waals surface area (Å²) < 4.78 is 28.7. The minimum Gasteiger partial charge on any atom is -0.494 e. The highest BCUT2D eigenvalue weighted by Gasteiger charge is 2.12. The van der Waals surface area contributed by atoms with Crippen LogP contribution in [0.3, 0.4) is 0 Å². The van der Waals surface area contributed by atoms with E-state index in [9.17, 15) is 18.0 Å². The van der Waals surface area contributed by atoms with Gasteiger partial charge in [-0.1, -0.05) is 29.8 Å². The van der Waals surface area contributed by atoms with Gasteiger partial charge in [0, 0.05) is 12.8 Å². The number of sulfone groups is 1. The van der Waals surface area contributed by atoms with Gasteiger partial charge < -0.3 is 4.74 Å². The third kappa shape index (κ3) is 7.66. The third-order valence-electron chi connectivity index (χ3n) is 4.03. The number of amides is 2. The molecule has 0 spiro atoms. The Hall–Kier alpha value is -2.62. The summed E-state index contributed by atoms with van der Waals surface area (Å²) in [5.41, 5.74) is 4.94. The number of benzene rings is 2. The average molecular weight is 454 g/mol. The molecule has 2 rings (SSSR count). The Bertz CT molecular complexity index is 997. The Morgan fingerprint density at radius 2 is 1.83 bits per heavy atom. The van der Waals surface area contributed by atoms with Crippen molar-refractivity contribution in [2.75, 3.05) is 33.0 Å². The molecule has 0 saturated carbocycles. The van der Waals surface area contributed by atoms with E-state index in [1.807, 2.05) is 0 Å². The molecule has 2 N–H and O–H groups in total. The van der Waals surface area contributed by atoms with Crippen molar-refractivity contribution in [3.05, 3.63) is 59.1 Å². The molecule has 0 radical (unpaired) electrons. The Morgan fingerprint density at radius 3 is 2.53 bits per heavy atom. The lowest BCUT2D eigenvalue weighted by Crippen LogP contribution is -2.46. The molecular formula is C20H24ClN3O5S. The van der Waals surface area contributed by atoms with Crippen LogP contribution < -0.4 is 15.6 Å². The van der Waals surface area contributed by atoms with E-state index in [1.165, 1.54) is 12.1 Å². The summed E-state index contributed by atoms with van der Waals surface area (Å²) in [4.78, 5) is 26.0. The van der Waals surface area contributed by atoms with Crippen molar-refractivity contribution in [3.63, 3.8) is 0 Å². The monoisotopic (exact) mass is 453 g/mol. The number of ether oxygens (including phenoxy) is 1. The van der Waals surface area contributed by atoms with E-state index in [4.69, 9.17) is 16.3 Å². The van der Waals surface area contributed by atoms with E-state index < -0.39 is 15.7 Å². The first-order chi connectivity index (χ1) is 14.2. The van der Waals surface area contributed by atoms with Crippen molar-refractivity contribution in [3.8, 4) is 5.75 Å². The van der Waals surface area contributed by atoms with E-state index in [-0.39, 0.29) is 22.9 Å². The van der Waals surface area contributed by atoms with Crippen LogP contribution in [0.4, 0.5) is 0 Å². The summed E-state index contributed by atoms with van der Waals surface area (Å²) in [7, 11) is -1.52. The predicted octanol–water partition coefficient (Wildman–Crippen LogP) is 1.91. The van der Waals surface area contributed by atoms with Gasteiger partial charge in [0.1, 0.15) is 5.75 Å². The van der Waals surface area contributed by atoms with Crippen LogP contribution in [-0.2, 0) is 14.6 Å². The van der Waals surface area contributed by atoms with Crippen LogP contribution in [0.1, 0.15) is 16.8 Å². The molecule has 10 heteroatoms. The van der Waals surface area contributed by atoms with Crippen molar-refractivity contribution in [2.45, 2.75) is 11.3 Å². The van der Waals surface area contributed by atoms with Crippen LogP contribution in [0.2, 0.25) is 5.02 Å².